The van der Waals surface area contributed by atoms with Crippen molar-refractivity contribution in [1.29, 1.82) is 0 Å². The van der Waals surface area contributed by atoms with Crippen molar-refractivity contribution >= 4 is 35.4 Å². The highest BCUT2D eigenvalue weighted by Crippen LogP contribution is 2.39. The molecule has 1 aliphatic heterocycles. The first-order valence-electron chi connectivity index (χ1n) is 10.00. The number of nitrogens with one attached hydrogen (secondary N) is 2. The molecule has 1 aromatic rings. The quantitative estimate of drug-likeness (QED) is 0.461. The lowest BCUT2D eigenvalue weighted by molar-refractivity contribution is -0.148. The fraction of sp³-hybridized carbons (Fsp3) is 0.600. The van der Waals surface area contributed by atoms with Crippen molar-refractivity contribution in [2.24, 2.45) is 11.8 Å². The molecule has 2 N–H and O–H groups in total. The molecule has 3 rings (SSSR count). The SMILES string of the molecule is CSCCC(C(=O)NCCNC(=O)c1ccco1)N1C(=O)C2CCCCC2C1=O. The van der Waals surface area contributed by atoms with E-state index < -0.39 is 6.04 Å². The third-order valence-corrected chi connectivity index (χ3v) is 6.18. The smallest absolute Gasteiger partial charge is 0.287 e. The Morgan fingerprint density at radius 2 is 1.83 bits per heavy atom. The maximum absolute atomic E-state index is 12.9. The van der Waals surface area contributed by atoms with Gasteiger partial charge in [0.05, 0.1) is 18.1 Å². The number of carbonyl (C=O) groups is 4. The molecule has 3 unspecified atom stereocenters. The molecular weight excluding hydrogens is 394 g/mol. The molecule has 4 amide bonds. The summed E-state index contributed by atoms with van der Waals surface area (Å²) in [5, 5.41) is 5.40. The Kier molecular flexibility index (Phi) is 7.35. The number of nitrogens with zero attached hydrogens (tertiary/aromatic N) is 1. The second-order valence-electron chi connectivity index (χ2n) is 7.37. The molecule has 9 heteroatoms. The van der Waals surface area contributed by atoms with E-state index in [1.54, 1.807) is 23.9 Å². The van der Waals surface area contributed by atoms with Crippen LogP contribution in [0.4, 0.5) is 0 Å². The zero-order chi connectivity index (χ0) is 20.8. The minimum atomic E-state index is -0.797. The summed E-state index contributed by atoms with van der Waals surface area (Å²) in [7, 11) is 0. The topological polar surface area (TPSA) is 109 Å². The van der Waals surface area contributed by atoms with Crippen LogP contribution in [0.2, 0.25) is 0 Å². The lowest BCUT2D eigenvalue weighted by atomic mass is 9.81. The molecule has 1 saturated heterocycles. The summed E-state index contributed by atoms with van der Waals surface area (Å²) in [5.41, 5.74) is 0. The minimum Gasteiger partial charge on any atom is -0.459 e. The molecule has 8 nitrogen and oxygen atoms in total. The maximum atomic E-state index is 12.9. The van der Waals surface area contributed by atoms with Gasteiger partial charge in [-0.2, -0.15) is 11.8 Å². The van der Waals surface area contributed by atoms with Crippen molar-refractivity contribution in [3.05, 3.63) is 24.2 Å². The Bertz CT molecular complexity index is 727. The highest BCUT2D eigenvalue weighted by atomic mass is 32.2. The Labute approximate surface area is 174 Å². The molecule has 1 aromatic heterocycles. The average molecular weight is 422 g/mol. The maximum Gasteiger partial charge on any atom is 0.287 e. The summed E-state index contributed by atoms with van der Waals surface area (Å²) >= 11 is 1.57. The van der Waals surface area contributed by atoms with Crippen molar-refractivity contribution in [2.45, 2.75) is 38.1 Å². The summed E-state index contributed by atoms with van der Waals surface area (Å²) in [6.07, 6.45) is 7.10. The first-order chi connectivity index (χ1) is 14.0. The highest BCUT2D eigenvalue weighted by molar-refractivity contribution is 7.98. The molecule has 3 atom stereocenters. The highest BCUT2D eigenvalue weighted by Gasteiger charge is 2.51. The molecule has 0 bridgehead atoms. The van der Waals surface area contributed by atoms with E-state index in [1.807, 2.05) is 6.26 Å². The number of likely N-dealkylation sites (tertiary alicyclic amines) is 1. The standard InChI is InChI=1S/C20H27N3O5S/c1-29-12-8-15(23-19(26)13-5-2-3-6-14(13)20(23)27)17(24)21-9-10-22-18(25)16-7-4-11-28-16/h4,7,11,13-15H,2-3,5-6,8-10,12H2,1H3,(H,21,24)(H,22,25). The summed E-state index contributed by atoms with van der Waals surface area (Å²) in [6, 6.07) is 2.37. The van der Waals surface area contributed by atoms with Crippen LogP contribution in [0.25, 0.3) is 0 Å². The number of hydrogen-bond donors (Lipinski definition) is 2. The van der Waals surface area contributed by atoms with E-state index in [0.717, 1.165) is 25.7 Å². The van der Waals surface area contributed by atoms with Gasteiger partial charge in [0, 0.05) is 13.1 Å². The number of furan rings is 1. The number of rotatable bonds is 9. The van der Waals surface area contributed by atoms with E-state index in [0.29, 0.717) is 12.2 Å². The zero-order valence-electron chi connectivity index (χ0n) is 16.5. The van der Waals surface area contributed by atoms with Gasteiger partial charge in [-0.15, -0.1) is 0 Å². The number of fused-ring (bicyclic) bond motifs is 1. The fourth-order valence-corrected chi connectivity index (χ4v) is 4.54. The van der Waals surface area contributed by atoms with Gasteiger partial charge in [0.15, 0.2) is 5.76 Å². The number of thioether (sulfide) groups is 1. The van der Waals surface area contributed by atoms with Crippen molar-refractivity contribution in [1.82, 2.24) is 15.5 Å². The van der Waals surface area contributed by atoms with Crippen LogP contribution < -0.4 is 10.6 Å². The van der Waals surface area contributed by atoms with Gasteiger partial charge in [-0.1, -0.05) is 12.8 Å². The second-order valence-corrected chi connectivity index (χ2v) is 8.35. The van der Waals surface area contributed by atoms with Crippen molar-refractivity contribution in [3.63, 3.8) is 0 Å². The summed E-state index contributed by atoms with van der Waals surface area (Å²) in [6.45, 7) is 0.414. The molecule has 1 saturated carbocycles. The van der Waals surface area contributed by atoms with Crippen LogP contribution >= 0.6 is 11.8 Å². The molecule has 29 heavy (non-hydrogen) atoms. The third kappa shape index (κ3) is 4.83. The molecule has 0 aromatic carbocycles. The molecular formula is C20H27N3O5S. The van der Waals surface area contributed by atoms with Gasteiger partial charge in [-0.3, -0.25) is 24.1 Å². The normalized spacial score (nSPS) is 22.3. The molecule has 2 fully saturated rings. The van der Waals surface area contributed by atoms with E-state index in [2.05, 4.69) is 10.6 Å². The van der Waals surface area contributed by atoms with Gasteiger partial charge in [-0.25, -0.2) is 0 Å². The van der Waals surface area contributed by atoms with Crippen molar-refractivity contribution < 1.29 is 23.6 Å². The fourth-order valence-electron chi connectivity index (χ4n) is 4.08. The molecule has 2 heterocycles. The third-order valence-electron chi connectivity index (χ3n) is 5.54. The van der Waals surface area contributed by atoms with Gasteiger partial charge >= 0.3 is 0 Å². The van der Waals surface area contributed by atoms with E-state index in [1.165, 1.54) is 11.2 Å². The van der Waals surface area contributed by atoms with Crippen LogP contribution in [0, 0.1) is 11.8 Å². The van der Waals surface area contributed by atoms with E-state index >= 15 is 0 Å². The predicted octanol–water partition coefficient (Wildman–Crippen LogP) is 1.42. The first-order valence-corrected chi connectivity index (χ1v) is 11.4. The molecule has 2 aliphatic rings. The number of carbonyl (C=O) groups excluding carboxylic acids is 4. The number of amides is 4. The summed E-state index contributed by atoms with van der Waals surface area (Å²) < 4.78 is 5.01. The Balaban J connectivity index is 1.57. The van der Waals surface area contributed by atoms with E-state index in [-0.39, 0.29) is 54.3 Å². The zero-order valence-corrected chi connectivity index (χ0v) is 17.3. The van der Waals surface area contributed by atoms with Crippen LogP contribution in [0.1, 0.15) is 42.7 Å². The lowest BCUT2D eigenvalue weighted by Gasteiger charge is -2.25. The molecule has 0 radical (unpaired) electrons. The Hall–Kier alpha value is -2.29. The summed E-state index contributed by atoms with van der Waals surface area (Å²) in [4.78, 5) is 51.6. The van der Waals surface area contributed by atoms with Gasteiger partial charge < -0.3 is 15.1 Å². The van der Waals surface area contributed by atoms with Gasteiger partial charge in [0.1, 0.15) is 6.04 Å². The molecule has 1 aliphatic carbocycles. The molecule has 0 spiro atoms. The average Bonchev–Trinajstić information content (AvgIpc) is 3.35. The molecule has 158 valence electrons. The van der Waals surface area contributed by atoms with Gasteiger partial charge in [0.2, 0.25) is 17.7 Å². The largest absolute Gasteiger partial charge is 0.459 e. The minimum absolute atomic E-state index is 0.199. The van der Waals surface area contributed by atoms with E-state index in [9.17, 15) is 19.2 Å². The van der Waals surface area contributed by atoms with Gasteiger partial charge in [-0.05, 0) is 43.4 Å². The number of hydrogen-bond acceptors (Lipinski definition) is 6. The van der Waals surface area contributed by atoms with Crippen molar-refractivity contribution in [3.8, 4) is 0 Å². The van der Waals surface area contributed by atoms with Crippen LogP contribution in [-0.4, -0.2) is 59.7 Å². The van der Waals surface area contributed by atoms with Crippen LogP contribution in [0.5, 0.6) is 0 Å². The van der Waals surface area contributed by atoms with Crippen LogP contribution in [0.3, 0.4) is 0 Å². The van der Waals surface area contributed by atoms with Gasteiger partial charge in [0.25, 0.3) is 5.91 Å². The predicted molar refractivity (Wildman–Crippen MR) is 108 cm³/mol. The van der Waals surface area contributed by atoms with Crippen LogP contribution in [-0.2, 0) is 14.4 Å². The number of imide groups is 1. The Morgan fingerprint density at radius 1 is 1.17 bits per heavy atom. The summed E-state index contributed by atoms with van der Waals surface area (Å²) in [5.74, 6) is -0.797. The van der Waals surface area contributed by atoms with E-state index in [4.69, 9.17) is 4.42 Å². The Morgan fingerprint density at radius 3 is 2.41 bits per heavy atom. The van der Waals surface area contributed by atoms with Crippen molar-refractivity contribution in [2.75, 3.05) is 25.1 Å². The van der Waals surface area contributed by atoms with Crippen LogP contribution in [0.15, 0.2) is 22.8 Å². The monoisotopic (exact) mass is 421 g/mol. The second kappa shape index (κ2) is 9.96. The lowest BCUT2D eigenvalue weighted by Crippen LogP contribution is -2.51. The first kappa shape index (κ1) is 21.4.